The predicted molar refractivity (Wildman–Crippen MR) is 79.9 cm³/mol. The summed E-state index contributed by atoms with van der Waals surface area (Å²) in [7, 11) is -3.78. The molecule has 4 N–H and O–H groups in total. The number of carbonyl (C=O) groups is 1. The van der Waals surface area contributed by atoms with Crippen LogP contribution in [0, 0.1) is 5.92 Å². The van der Waals surface area contributed by atoms with Gasteiger partial charge in [0, 0.05) is 12.6 Å². The number of hydrogen-bond donors (Lipinski definition) is 3. The second-order valence-corrected chi connectivity index (χ2v) is 6.89. The molecule has 0 aromatic heterocycles. The topological polar surface area (TPSA) is 101 Å². The molecule has 1 aliphatic heterocycles. The minimum absolute atomic E-state index is 0.0557. The lowest BCUT2D eigenvalue weighted by molar-refractivity contribution is -0.126. The number of primary sulfonamides is 1. The van der Waals surface area contributed by atoms with E-state index in [-0.39, 0.29) is 29.3 Å². The van der Waals surface area contributed by atoms with Gasteiger partial charge < -0.3 is 10.6 Å². The summed E-state index contributed by atoms with van der Waals surface area (Å²) in [5, 5.41) is 11.3. The van der Waals surface area contributed by atoms with Crippen molar-refractivity contribution in [3.8, 4) is 0 Å². The summed E-state index contributed by atoms with van der Waals surface area (Å²) >= 11 is 0. The van der Waals surface area contributed by atoms with Crippen LogP contribution in [0.4, 0.5) is 0 Å². The molecule has 1 aliphatic rings. The number of nitrogens with one attached hydrogen (secondary N) is 2. The second-order valence-electron chi connectivity index (χ2n) is 5.36. The van der Waals surface area contributed by atoms with Gasteiger partial charge >= 0.3 is 0 Å². The summed E-state index contributed by atoms with van der Waals surface area (Å²) in [4.78, 5) is 12.3. The van der Waals surface area contributed by atoms with Crippen LogP contribution >= 0.6 is 0 Å². The molecule has 7 heteroatoms. The highest BCUT2D eigenvalue weighted by molar-refractivity contribution is 7.89. The Morgan fingerprint density at radius 2 is 2.14 bits per heavy atom. The molecule has 1 heterocycles. The lowest BCUT2D eigenvalue weighted by atomic mass is 9.91. The molecule has 116 valence electrons. The van der Waals surface area contributed by atoms with Crippen LogP contribution in [-0.2, 0) is 21.4 Å². The molecule has 0 aliphatic carbocycles. The largest absolute Gasteiger partial charge is 0.352 e. The average molecular weight is 311 g/mol. The highest BCUT2D eigenvalue weighted by Gasteiger charge is 2.27. The van der Waals surface area contributed by atoms with Crippen LogP contribution in [0.1, 0.15) is 25.3 Å². The molecule has 2 atom stereocenters. The van der Waals surface area contributed by atoms with Crippen molar-refractivity contribution in [2.45, 2.75) is 37.2 Å². The minimum Gasteiger partial charge on any atom is -0.352 e. The lowest BCUT2D eigenvalue weighted by Crippen LogP contribution is -2.46. The maximum atomic E-state index is 12.2. The van der Waals surface area contributed by atoms with Crippen LogP contribution < -0.4 is 15.8 Å². The van der Waals surface area contributed by atoms with Crippen LogP contribution in [-0.4, -0.2) is 26.9 Å². The minimum atomic E-state index is -3.78. The third-order valence-corrected chi connectivity index (χ3v) is 4.84. The van der Waals surface area contributed by atoms with E-state index in [4.69, 9.17) is 5.14 Å². The molecule has 1 saturated heterocycles. The van der Waals surface area contributed by atoms with Crippen molar-refractivity contribution in [1.82, 2.24) is 10.6 Å². The van der Waals surface area contributed by atoms with Gasteiger partial charge in [0.25, 0.3) is 0 Å². The van der Waals surface area contributed by atoms with E-state index < -0.39 is 10.0 Å². The second kappa shape index (κ2) is 6.55. The average Bonchev–Trinajstić information content (AvgIpc) is 2.44. The van der Waals surface area contributed by atoms with E-state index in [2.05, 4.69) is 10.6 Å². The number of sulfonamides is 1. The number of carbonyl (C=O) groups excluding carboxylic acids is 1. The first-order chi connectivity index (χ1) is 9.89. The number of hydrogen-bond acceptors (Lipinski definition) is 4. The van der Waals surface area contributed by atoms with Crippen LogP contribution in [0.25, 0.3) is 0 Å². The Bertz CT molecular complexity index is 616. The summed E-state index contributed by atoms with van der Waals surface area (Å²) in [6, 6.07) is 6.57. The SMILES string of the molecule is C[C@H]1NCCC[C@H]1C(=O)NCc1ccccc1S(N)(=O)=O. The van der Waals surface area contributed by atoms with Crippen molar-refractivity contribution >= 4 is 15.9 Å². The zero-order valence-corrected chi connectivity index (χ0v) is 12.8. The predicted octanol–water partition coefficient (Wildman–Crippen LogP) is 0.338. The molecule has 0 unspecified atom stereocenters. The molecule has 1 aromatic carbocycles. The quantitative estimate of drug-likeness (QED) is 0.746. The van der Waals surface area contributed by atoms with Crippen molar-refractivity contribution in [3.05, 3.63) is 29.8 Å². The zero-order valence-electron chi connectivity index (χ0n) is 12.0. The van der Waals surface area contributed by atoms with Crippen LogP contribution in [0.15, 0.2) is 29.2 Å². The van der Waals surface area contributed by atoms with Gasteiger partial charge in [-0.3, -0.25) is 4.79 Å². The summed E-state index contributed by atoms with van der Waals surface area (Å²) in [5.74, 6) is -0.140. The fraction of sp³-hybridized carbons (Fsp3) is 0.500. The summed E-state index contributed by atoms with van der Waals surface area (Å²) in [5.41, 5.74) is 0.504. The van der Waals surface area contributed by atoms with E-state index in [1.807, 2.05) is 6.92 Å². The Kier molecular flexibility index (Phi) is 4.97. The van der Waals surface area contributed by atoms with Gasteiger partial charge in [-0.1, -0.05) is 18.2 Å². The Morgan fingerprint density at radius 3 is 2.81 bits per heavy atom. The summed E-state index contributed by atoms with van der Waals surface area (Å²) in [6.45, 7) is 3.08. The van der Waals surface area contributed by atoms with Gasteiger partial charge in [-0.25, -0.2) is 13.6 Å². The Hall–Kier alpha value is -1.44. The number of piperidine rings is 1. The number of rotatable bonds is 4. The molecular weight excluding hydrogens is 290 g/mol. The van der Waals surface area contributed by atoms with Crippen molar-refractivity contribution < 1.29 is 13.2 Å². The highest BCUT2D eigenvalue weighted by Crippen LogP contribution is 2.17. The van der Waals surface area contributed by atoms with Crippen molar-refractivity contribution in [1.29, 1.82) is 0 Å². The molecule has 6 nitrogen and oxygen atoms in total. The van der Waals surface area contributed by atoms with Crippen molar-refractivity contribution in [2.24, 2.45) is 11.1 Å². The lowest BCUT2D eigenvalue weighted by Gasteiger charge is -2.28. The first-order valence-corrected chi connectivity index (χ1v) is 8.56. The standard InChI is InChI=1S/C14H21N3O3S/c1-10-12(6-4-8-16-10)14(18)17-9-11-5-2-3-7-13(11)21(15,19)20/h2-3,5,7,10,12,16H,4,6,8-9H2,1H3,(H,17,18)(H2,15,19,20)/t10-,12-/m1/s1. The van der Waals surface area contributed by atoms with Crippen LogP contribution in [0.5, 0.6) is 0 Å². The summed E-state index contributed by atoms with van der Waals surface area (Å²) < 4.78 is 23.0. The maximum Gasteiger partial charge on any atom is 0.238 e. The van der Waals surface area contributed by atoms with Gasteiger partial charge in [0.2, 0.25) is 15.9 Å². The molecule has 0 spiro atoms. The normalized spacial score (nSPS) is 22.8. The van der Waals surface area contributed by atoms with E-state index in [0.29, 0.717) is 5.56 Å². The fourth-order valence-corrected chi connectivity index (χ4v) is 3.42. The first kappa shape index (κ1) is 15.9. The third-order valence-electron chi connectivity index (χ3n) is 3.83. The Morgan fingerprint density at radius 1 is 1.43 bits per heavy atom. The maximum absolute atomic E-state index is 12.2. The molecule has 1 fully saturated rings. The van der Waals surface area contributed by atoms with Gasteiger partial charge in [-0.15, -0.1) is 0 Å². The summed E-state index contributed by atoms with van der Waals surface area (Å²) in [6.07, 6.45) is 1.81. The van der Waals surface area contributed by atoms with E-state index in [9.17, 15) is 13.2 Å². The number of benzene rings is 1. The van der Waals surface area contributed by atoms with Gasteiger partial charge in [0.1, 0.15) is 0 Å². The van der Waals surface area contributed by atoms with Crippen molar-refractivity contribution in [2.75, 3.05) is 6.54 Å². The number of nitrogens with two attached hydrogens (primary N) is 1. The molecule has 2 rings (SSSR count). The van der Waals surface area contributed by atoms with Crippen LogP contribution in [0.2, 0.25) is 0 Å². The van der Waals surface area contributed by atoms with Crippen LogP contribution in [0.3, 0.4) is 0 Å². The van der Waals surface area contributed by atoms with Gasteiger partial charge in [-0.2, -0.15) is 0 Å². The van der Waals surface area contributed by atoms with Gasteiger partial charge in [0.05, 0.1) is 10.8 Å². The molecule has 0 bridgehead atoms. The third kappa shape index (κ3) is 4.03. The van der Waals surface area contributed by atoms with E-state index in [0.717, 1.165) is 19.4 Å². The molecule has 0 saturated carbocycles. The molecule has 21 heavy (non-hydrogen) atoms. The fourth-order valence-electron chi connectivity index (χ4n) is 2.64. The monoisotopic (exact) mass is 311 g/mol. The first-order valence-electron chi connectivity index (χ1n) is 7.01. The van der Waals surface area contributed by atoms with E-state index in [1.165, 1.54) is 6.07 Å². The smallest absolute Gasteiger partial charge is 0.238 e. The highest BCUT2D eigenvalue weighted by atomic mass is 32.2. The molecular formula is C14H21N3O3S. The van der Waals surface area contributed by atoms with E-state index >= 15 is 0 Å². The Labute approximate surface area is 125 Å². The zero-order chi connectivity index (χ0) is 15.5. The molecule has 1 aromatic rings. The number of amides is 1. The van der Waals surface area contributed by atoms with Gasteiger partial charge in [0.15, 0.2) is 0 Å². The van der Waals surface area contributed by atoms with Gasteiger partial charge in [-0.05, 0) is 37.9 Å². The van der Waals surface area contributed by atoms with E-state index in [1.54, 1.807) is 18.2 Å². The molecule has 1 amide bonds. The molecule has 0 radical (unpaired) electrons. The Balaban J connectivity index is 2.05. The van der Waals surface area contributed by atoms with Crippen molar-refractivity contribution in [3.63, 3.8) is 0 Å².